The predicted octanol–water partition coefficient (Wildman–Crippen LogP) is 1.02. The van der Waals surface area contributed by atoms with Crippen LogP contribution in [-0.4, -0.2) is 43.0 Å². The zero-order chi connectivity index (χ0) is 14.0. The normalized spacial score (nSPS) is 18.9. The Morgan fingerprint density at radius 2 is 1.89 bits per heavy atom. The largest absolute Gasteiger partial charge is 0.469 e. The third-order valence-electron chi connectivity index (χ3n) is 3.04. The first-order valence-electron chi connectivity index (χ1n) is 5.79. The third kappa shape index (κ3) is 2.29. The summed E-state index contributed by atoms with van der Waals surface area (Å²) in [5.74, 6) is -0.929. The molecule has 0 saturated carbocycles. The lowest BCUT2D eigenvalue weighted by molar-refractivity contribution is -0.142. The van der Waals surface area contributed by atoms with Gasteiger partial charge >= 0.3 is 12.0 Å². The Balaban J connectivity index is 2.34. The standard InChI is InChI=1S/C13H14N2O4/c1-14-12(17)10(8-11(16)19-2)15(13(14)18)9-6-4-3-5-7-9/h3-7,10H,8H2,1-2H3. The first kappa shape index (κ1) is 13.1. The number of likely N-dealkylation sites (N-methyl/N-ethyl adjacent to an activating group) is 1. The number of carbonyl (C=O) groups is 3. The number of amides is 3. The summed E-state index contributed by atoms with van der Waals surface area (Å²) in [4.78, 5) is 37.8. The lowest BCUT2D eigenvalue weighted by Crippen LogP contribution is -2.37. The molecule has 1 aromatic rings. The van der Waals surface area contributed by atoms with Gasteiger partial charge in [-0.3, -0.25) is 19.4 Å². The maximum Gasteiger partial charge on any atom is 0.331 e. The van der Waals surface area contributed by atoms with E-state index in [0.29, 0.717) is 5.69 Å². The first-order chi connectivity index (χ1) is 9.06. The van der Waals surface area contributed by atoms with Crippen LogP contribution in [0.15, 0.2) is 30.3 Å². The van der Waals surface area contributed by atoms with Gasteiger partial charge in [0.1, 0.15) is 6.04 Å². The number of carbonyl (C=O) groups excluding carboxylic acids is 3. The Bertz CT molecular complexity index is 515. The van der Waals surface area contributed by atoms with Gasteiger partial charge in [-0.1, -0.05) is 18.2 Å². The highest BCUT2D eigenvalue weighted by atomic mass is 16.5. The highest BCUT2D eigenvalue weighted by molar-refractivity contribution is 6.14. The quantitative estimate of drug-likeness (QED) is 0.602. The molecule has 1 unspecified atom stereocenters. The summed E-state index contributed by atoms with van der Waals surface area (Å²) in [7, 11) is 2.65. The summed E-state index contributed by atoms with van der Waals surface area (Å²) >= 11 is 0. The molecule has 2 rings (SSSR count). The van der Waals surface area contributed by atoms with Gasteiger partial charge in [0.25, 0.3) is 5.91 Å². The average Bonchev–Trinajstić information content (AvgIpc) is 2.64. The Kier molecular flexibility index (Phi) is 3.50. The van der Waals surface area contributed by atoms with E-state index < -0.39 is 23.9 Å². The van der Waals surface area contributed by atoms with Gasteiger partial charge < -0.3 is 4.74 Å². The summed E-state index contributed by atoms with van der Waals surface area (Å²) in [5.41, 5.74) is 0.583. The van der Waals surface area contributed by atoms with Crippen LogP contribution >= 0.6 is 0 Å². The molecular weight excluding hydrogens is 248 g/mol. The van der Waals surface area contributed by atoms with Crippen molar-refractivity contribution in [3.05, 3.63) is 30.3 Å². The van der Waals surface area contributed by atoms with Gasteiger partial charge in [0.05, 0.1) is 13.5 Å². The number of rotatable bonds is 3. The highest BCUT2D eigenvalue weighted by Gasteiger charge is 2.44. The first-order valence-corrected chi connectivity index (χ1v) is 5.79. The summed E-state index contributed by atoms with van der Waals surface area (Å²) < 4.78 is 4.57. The van der Waals surface area contributed by atoms with Crippen LogP contribution in [0.3, 0.4) is 0 Å². The summed E-state index contributed by atoms with van der Waals surface area (Å²) in [5, 5.41) is 0. The maximum absolute atomic E-state index is 12.1. The van der Waals surface area contributed by atoms with Gasteiger partial charge in [-0.15, -0.1) is 0 Å². The molecule has 100 valence electrons. The van der Waals surface area contributed by atoms with Crippen LogP contribution in [0.25, 0.3) is 0 Å². The molecule has 1 aliphatic rings. The van der Waals surface area contributed by atoms with Crippen LogP contribution < -0.4 is 4.90 Å². The topological polar surface area (TPSA) is 66.9 Å². The number of esters is 1. The van der Waals surface area contributed by atoms with Gasteiger partial charge in [-0.2, -0.15) is 0 Å². The van der Waals surface area contributed by atoms with Crippen molar-refractivity contribution in [1.82, 2.24) is 4.90 Å². The van der Waals surface area contributed by atoms with Gasteiger partial charge in [-0.05, 0) is 12.1 Å². The van der Waals surface area contributed by atoms with E-state index in [1.54, 1.807) is 24.3 Å². The monoisotopic (exact) mass is 262 g/mol. The number of methoxy groups -OCH3 is 1. The lowest BCUT2D eigenvalue weighted by Gasteiger charge is -2.20. The number of benzene rings is 1. The maximum atomic E-state index is 12.1. The van der Waals surface area contributed by atoms with Crippen molar-refractivity contribution in [3.8, 4) is 0 Å². The second-order valence-corrected chi connectivity index (χ2v) is 4.18. The van der Waals surface area contributed by atoms with Crippen LogP contribution in [0.5, 0.6) is 0 Å². The second kappa shape index (κ2) is 5.09. The number of ether oxygens (including phenoxy) is 1. The predicted molar refractivity (Wildman–Crippen MR) is 67.5 cm³/mol. The van der Waals surface area contributed by atoms with Gasteiger partial charge in [-0.25, -0.2) is 4.79 Å². The van der Waals surface area contributed by atoms with E-state index in [4.69, 9.17) is 0 Å². The number of anilines is 1. The smallest absolute Gasteiger partial charge is 0.331 e. The Labute approximate surface area is 110 Å². The number of imide groups is 1. The minimum Gasteiger partial charge on any atom is -0.469 e. The molecule has 1 aromatic carbocycles. The summed E-state index contributed by atoms with van der Waals surface area (Å²) in [6.07, 6.45) is -0.152. The number of urea groups is 1. The van der Waals surface area contributed by atoms with Crippen molar-refractivity contribution >= 4 is 23.6 Å². The van der Waals surface area contributed by atoms with Gasteiger partial charge in [0, 0.05) is 12.7 Å². The number of hydrogen-bond acceptors (Lipinski definition) is 4. The number of para-hydroxylation sites is 1. The van der Waals surface area contributed by atoms with Crippen LogP contribution in [0, 0.1) is 0 Å². The van der Waals surface area contributed by atoms with Gasteiger partial charge in [0.15, 0.2) is 0 Å². The molecule has 3 amide bonds. The molecule has 1 saturated heterocycles. The van der Waals surface area contributed by atoms with Crippen molar-refractivity contribution in [2.24, 2.45) is 0 Å². The Hall–Kier alpha value is -2.37. The van der Waals surface area contributed by atoms with Crippen LogP contribution in [-0.2, 0) is 14.3 Å². The van der Waals surface area contributed by atoms with E-state index in [9.17, 15) is 14.4 Å². The van der Waals surface area contributed by atoms with E-state index in [1.165, 1.54) is 19.1 Å². The molecular formula is C13H14N2O4. The zero-order valence-electron chi connectivity index (χ0n) is 10.7. The molecule has 6 heteroatoms. The molecule has 0 aromatic heterocycles. The van der Waals surface area contributed by atoms with Crippen LogP contribution in [0.4, 0.5) is 10.5 Å². The fourth-order valence-corrected chi connectivity index (χ4v) is 2.02. The molecule has 1 fully saturated rings. The molecule has 0 N–H and O–H groups in total. The van der Waals surface area contributed by atoms with E-state index in [0.717, 1.165) is 4.90 Å². The molecule has 19 heavy (non-hydrogen) atoms. The fraction of sp³-hybridized carbons (Fsp3) is 0.308. The minimum atomic E-state index is -0.840. The van der Waals surface area contributed by atoms with Crippen molar-refractivity contribution in [1.29, 1.82) is 0 Å². The van der Waals surface area contributed by atoms with E-state index in [-0.39, 0.29) is 6.42 Å². The summed E-state index contributed by atoms with van der Waals surface area (Å²) in [6.45, 7) is 0. The molecule has 1 heterocycles. The fourth-order valence-electron chi connectivity index (χ4n) is 2.02. The molecule has 0 spiro atoms. The number of hydrogen-bond donors (Lipinski definition) is 0. The average molecular weight is 262 g/mol. The molecule has 0 bridgehead atoms. The zero-order valence-corrected chi connectivity index (χ0v) is 10.7. The Morgan fingerprint density at radius 1 is 1.26 bits per heavy atom. The SMILES string of the molecule is COC(=O)CC1C(=O)N(C)C(=O)N1c1ccccc1. The molecule has 6 nitrogen and oxygen atoms in total. The summed E-state index contributed by atoms with van der Waals surface area (Å²) in [6, 6.07) is 7.49. The van der Waals surface area contributed by atoms with Crippen molar-refractivity contribution in [3.63, 3.8) is 0 Å². The molecule has 0 radical (unpaired) electrons. The highest BCUT2D eigenvalue weighted by Crippen LogP contribution is 2.26. The third-order valence-corrected chi connectivity index (χ3v) is 3.04. The van der Waals surface area contributed by atoms with E-state index in [1.807, 2.05) is 6.07 Å². The molecule has 1 atom stereocenters. The van der Waals surface area contributed by atoms with Gasteiger partial charge in [0.2, 0.25) is 0 Å². The Morgan fingerprint density at radius 3 is 2.47 bits per heavy atom. The lowest BCUT2D eigenvalue weighted by atomic mass is 10.1. The van der Waals surface area contributed by atoms with Crippen molar-refractivity contribution in [2.75, 3.05) is 19.1 Å². The molecule has 1 aliphatic heterocycles. The van der Waals surface area contributed by atoms with Crippen LogP contribution in [0.1, 0.15) is 6.42 Å². The minimum absolute atomic E-state index is 0.152. The van der Waals surface area contributed by atoms with Crippen molar-refractivity contribution in [2.45, 2.75) is 12.5 Å². The van der Waals surface area contributed by atoms with E-state index >= 15 is 0 Å². The van der Waals surface area contributed by atoms with Crippen LogP contribution in [0.2, 0.25) is 0 Å². The van der Waals surface area contributed by atoms with Crippen molar-refractivity contribution < 1.29 is 19.1 Å². The molecule has 0 aliphatic carbocycles. The van der Waals surface area contributed by atoms with E-state index in [2.05, 4.69) is 4.74 Å². The number of nitrogens with zero attached hydrogens (tertiary/aromatic N) is 2. The second-order valence-electron chi connectivity index (χ2n) is 4.18.